The molecule has 17 heavy (non-hydrogen) atoms. The summed E-state index contributed by atoms with van der Waals surface area (Å²) in [5, 5.41) is 3.05. The van der Waals surface area contributed by atoms with Crippen LogP contribution in [0.2, 0.25) is 0 Å². The average molecular weight is 240 g/mol. The second-order valence-electron chi connectivity index (χ2n) is 4.39. The SMILES string of the molecule is CCC1CC(=O)N(CCNCCC(C)=O)C1=O. The highest BCUT2D eigenvalue weighted by atomic mass is 16.2. The van der Waals surface area contributed by atoms with E-state index >= 15 is 0 Å². The molecule has 0 aromatic heterocycles. The molecule has 1 heterocycles. The standard InChI is InChI=1S/C12H20N2O3/c1-3-10-8-11(16)14(12(10)17)7-6-13-5-4-9(2)15/h10,13H,3-8H2,1-2H3. The number of ketones is 1. The van der Waals surface area contributed by atoms with Crippen molar-refractivity contribution < 1.29 is 14.4 Å². The van der Waals surface area contributed by atoms with Gasteiger partial charge in [0.25, 0.3) is 0 Å². The molecular weight excluding hydrogens is 220 g/mol. The first-order chi connectivity index (χ1) is 8.06. The zero-order chi connectivity index (χ0) is 12.8. The third-order valence-corrected chi connectivity index (χ3v) is 3.00. The van der Waals surface area contributed by atoms with Gasteiger partial charge in [-0.3, -0.25) is 19.3 Å². The zero-order valence-corrected chi connectivity index (χ0v) is 10.5. The van der Waals surface area contributed by atoms with Crippen LogP contribution in [0, 0.1) is 5.92 Å². The van der Waals surface area contributed by atoms with Gasteiger partial charge in [-0.1, -0.05) is 6.92 Å². The molecule has 0 aromatic carbocycles. The summed E-state index contributed by atoms with van der Waals surface area (Å²) in [5.74, 6) is -0.113. The van der Waals surface area contributed by atoms with Crippen LogP contribution >= 0.6 is 0 Å². The van der Waals surface area contributed by atoms with Crippen molar-refractivity contribution in [2.45, 2.75) is 33.1 Å². The van der Waals surface area contributed by atoms with Gasteiger partial charge in [-0.05, 0) is 13.3 Å². The van der Waals surface area contributed by atoms with Crippen molar-refractivity contribution in [2.24, 2.45) is 5.92 Å². The van der Waals surface area contributed by atoms with E-state index < -0.39 is 0 Å². The molecule has 1 aliphatic heterocycles. The summed E-state index contributed by atoms with van der Waals surface area (Å²) in [4.78, 5) is 35.3. The van der Waals surface area contributed by atoms with Gasteiger partial charge in [0.2, 0.25) is 11.8 Å². The molecule has 96 valence electrons. The largest absolute Gasteiger partial charge is 0.315 e. The fourth-order valence-electron chi connectivity index (χ4n) is 1.89. The number of nitrogens with one attached hydrogen (secondary N) is 1. The number of carbonyl (C=O) groups excluding carboxylic acids is 3. The van der Waals surface area contributed by atoms with Gasteiger partial charge in [-0.15, -0.1) is 0 Å². The molecule has 1 atom stereocenters. The van der Waals surface area contributed by atoms with Gasteiger partial charge in [-0.2, -0.15) is 0 Å². The van der Waals surface area contributed by atoms with Gasteiger partial charge in [0.05, 0.1) is 0 Å². The Hall–Kier alpha value is -1.23. The summed E-state index contributed by atoms with van der Waals surface area (Å²) in [7, 11) is 0. The van der Waals surface area contributed by atoms with Crippen molar-refractivity contribution in [1.29, 1.82) is 0 Å². The fraction of sp³-hybridized carbons (Fsp3) is 0.750. The number of likely N-dealkylation sites (tertiary alicyclic amines) is 1. The third kappa shape index (κ3) is 3.93. The van der Waals surface area contributed by atoms with Crippen LogP contribution in [0.4, 0.5) is 0 Å². The molecule has 0 bridgehead atoms. The number of hydrogen-bond acceptors (Lipinski definition) is 4. The molecule has 2 amide bonds. The van der Waals surface area contributed by atoms with Gasteiger partial charge in [0.15, 0.2) is 0 Å². The molecule has 1 unspecified atom stereocenters. The summed E-state index contributed by atoms with van der Waals surface area (Å²) in [6, 6.07) is 0. The first kappa shape index (κ1) is 13.8. The van der Waals surface area contributed by atoms with Crippen LogP contribution in [0.3, 0.4) is 0 Å². The van der Waals surface area contributed by atoms with Crippen molar-refractivity contribution >= 4 is 17.6 Å². The molecule has 0 saturated carbocycles. The second kappa shape index (κ2) is 6.49. The second-order valence-corrected chi connectivity index (χ2v) is 4.39. The monoisotopic (exact) mass is 240 g/mol. The molecule has 0 aliphatic carbocycles. The lowest BCUT2D eigenvalue weighted by atomic mass is 10.1. The van der Waals surface area contributed by atoms with E-state index in [1.165, 1.54) is 4.90 Å². The minimum Gasteiger partial charge on any atom is -0.315 e. The van der Waals surface area contributed by atoms with Gasteiger partial charge >= 0.3 is 0 Å². The van der Waals surface area contributed by atoms with Crippen molar-refractivity contribution in [3.05, 3.63) is 0 Å². The van der Waals surface area contributed by atoms with E-state index in [9.17, 15) is 14.4 Å². The van der Waals surface area contributed by atoms with Crippen LogP contribution in [-0.4, -0.2) is 42.1 Å². The highest BCUT2D eigenvalue weighted by Crippen LogP contribution is 2.21. The van der Waals surface area contributed by atoms with Crippen molar-refractivity contribution in [3.63, 3.8) is 0 Å². The van der Waals surface area contributed by atoms with E-state index in [1.807, 2.05) is 6.92 Å². The number of Topliss-reactive ketones (excluding diaryl/α,β-unsaturated/α-hetero) is 1. The predicted molar refractivity (Wildman–Crippen MR) is 63.3 cm³/mol. The zero-order valence-electron chi connectivity index (χ0n) is 10.5. The highest BCUT2D eigenvalue weighted by Gasteiger charge is 2.36. The van der Waals surface area contributed by atoms with Gasteiger partial charge < -0.3 is 5.32 Å². The van der Waals surface area contributed by atoms with E-state index in [4.69, 9.17) is 0 Å². The molecule has 0 aromatic rings. The Kier molecular flexibility index (Phi) is 5.28. The van der Waals surface area contributed by atoms with Crippen molar-refractivity contribution in [1.82, 2.24) is 10.2 Å². The number of rotatable bonds is 7. The lowest BCUT2D eigenvalue weighted by Crippen LogP contribution is -2.37. The van der Waals surface area contributed by atoms with Crippen LogP contribution < -0.4 is 5.32 Å². The van der Waals surface area contributed by atoms with Crippen LogP contribution in [0.25, 0.3) is 0 Å². The molecule has 1 N–H and O–H groups in total. The van der Waals surface area contributed by atoms with E-state index in [1.54, 1.807) is 6.92 Å². The number of nitrogens with zero attached hydrogens (tertiary/aromatic N) is 1. The molecule has 0 spiro atoms. The third-order valence-electron chi connectivity index (χ3n) is 3.00. The lowest BCUT2D eigenvalue weighted by molar-refractivity contribution is -0.139. The van der Waals surface area contributed by atoms with E-state index in [-0.39, 0.29) is 23.5 Å². The van der Waals surface area contributed by atoms with Crippen molar-refractivity contribution in [3.8, 4) is 0 Å². The summed E-state index contributed by atoms with van der Waals surface area (Å²) in [5.41, 5.74) is 0. The molecular formula is C12H20N2O3. The van der Waals surface area contributed by atoms with E-state index in [0.717, 1.165) is 6.42 Å². The topological polar surface area (TPSA) is 66.5 Å². The Balaban J connectivity index is 2.25. The minimum atomic E-state index is -0.125. The molecule has 1 rings (SSSR count). The molecule has 1 aliphatic rings. The normalized spacial score (nSPS) is 20.1. The van der Waals surface area contributed by atoms with Crippen LogP contribution in [0.1, 0.15) is 33.1 Å². The number of imide groups is 1. The fourth-order valence-corrected chi connectivity index (χ4v) is 1.89. The maximum Gasteiger partial charge on any atom is 0.232 e. The van der Waals surface area contributed by atoms with Crippen LogP contribution in [0.5, 0.6) is 0 Å². The summed E-state index contributed by atoms with van der Waals surface area (Å²) < 4.78 is 0. The Morgan fingerprint density at radius 2 is 2.12 bits per heavy atom. The summed E-state index contributed by atoms with van der Waals surface area (Å²) >= 11 is 0. The Bertz CT molecular complexity index is 315. The maximum absolute atomic E-state index is 11.7. The van der Waals surface area contributed by atoms with Gasteiger partial charge in [0.1, 0.15) is 5.78 Å². The van der Waals surface area contributed by atoms with Gasteiger partial charge in [0, 0.05) is 38.4 Å². The highest BCUT2D eigenvalue weighted by molar-refractivity contribution is 6.03. The van der Waals surface area contributed by atoms with Crippen LogP contribution in [-0.2, 0) is 14.4 Å². The Morgan fingerprint density at radius 1 is 1.41 bits per heavy atom. The van der Waals surface area contributed by atoms with Crippen LogP contribution in [0.15, 0.2) is 0 Å². The molecule has 1 saturated heterocycles. The number of hydrogen-bond donors (Lipinski definition) is 1. The summed E-state index contributed by atoms with van der Waals surface area (Å²) in [6.45, 7) is 5.03. The molecule has 0 radical (unpaired) electrons. The Morgan fingerprint density at radius 3 is 2.65 bits per heavy atom. The average Bonchev–Trinajstić information content (AvgIpc) is 2.54. The lowest BCUT2D eigenvalue weighted by Gasteiger charge is -2.14. The smallest absolute Gasteiger partial charge is 0.232 e. The van der Waals surface area contributed by atoms with E-state index in [0.29, 0.717) is 32.5 Å². The maximum atomic E-state index is 11.7. The summed E-state index contributed by atoms with van der Waals surface area (Å²) in [6.07, 6.45) is 1.56. The first-order valence-corrected chi connectivity index (χ1v) is 6.10. The first-order valence-electron chi connectivity index (χ1n) is 6.10. The molecule has 5 nitrogen and oxygen atoms in total. The molecule has 1 fully saturated rings. The Labute approximate surface area is 102 Å². The number of carbonyl (C=O) groups is 3. The van der Waals surface area contributed by atoms with Crippen molar-refractivity contribution in [2.75, 3.05) is 19.6 Å². The predicted octanol–water partition coefficient (Wildman–Crippen LogP) is 0.340. The quantitative estimate of drug-likeness (QED) is 0.515. The molecule has 5 heteroatoms. The van der Waals surface area contributed by atoms with Gasteiger partial charge in [-0.25, -0.2) is 0 Å². The number of amides is 2. The minimum absolute atomic E-state index is 0.0501. The van der Waals surface area contributed by atoms with E-state index in [2.05, 4.69) is 5.32 Å².